The molecule has 0 aliphatic rings. The second-order valence-electron chi connectivity index (χ2n) is 1.29. The van der Waals surface area contributed by atoms with Crippen LogP contribution in [0.25, 0.3) is 0 Å². The molecule has 0 aliphatic carbocycles. The van der Waals surface area contributed by atoms with Gasteiger partial charge in [0.25, 0.3) is 0 Å². The van der Waals surface area contributed by atoms with Gasteiger partial charge < -0.3 is 0 Å². The van der Waals surface area contributed by atoms with Gasteiger partial charge in [0.15, 0.2) is 0 Å². The monoisotopic (exact) mass is 203 g/mol. The maximum absolute atomic E-state index is 11.3. The fourth-order valence-electron chi connectivity index (χ4n) is 0.181. The van der Waals surface area contributed by atoms with Crippen LogP contribution in [0.1, 0.15) is 0 Å². The van der Waals surface area contributed by atoms with Gasteiger partial charge in [-0.3, -0.25) is 0 Å². The van der Waals surface area contributed by atoms with Gasteiger partial charge in [-0.25, -0.2) is 0 Å². The minimum atomic E-state index is -5.58. The Balaban J connectivity index is 3.83. The summed E-state index contributed by atoms with van der Waals surface area (Å²) in [7, 11) is 0. The summed E-state index contributed by atoms with van der Waals surface area (Å²) >= 11 is 0. The van der Waals surface area contributed by atoms with Crippen molar-refractivity contribution in [2.24, 2.45) is 0 Å². The molecule has 0 saturated carbocycles. The summed E-state index contributed by atoms with van der Waals surface area (Å²) in [5.74, 6) is 0. The normalized spacial score (nSPS) is 14.0. The smallest absolute Gasteiger partial charge is 0.145 e. The van der Waals surface area contributed by atoms with Crippen LogP contribution in [0.4, 0.5) is 30.8 Å². The molecule has 0 saturated heterocycles. The zero-order valence-electron chi connectivity index (χ0n) is 4.91. The molecule has 0 fully saturated rings. The van der Waals surface area contributed by atoms with Gasteiger partial charge in [-0.1, -0.05) is 4.48 Å². The van der Waals surface area contributed by atoms with E-state index in [1.54, 1.807) is 0 Å². The molecule has 0 heterocycles. The molecular formula is C2F7NO2. The Morgan fingerprint density at radius 1 is 0.750 bits per heavy atom. The van der Waals surface area contributed by atoms with Crippen molar-refractivity contribution in [3.8, 4) is 0 Å². The molecule has 0 aromatic heterocycles. The van der Waals surface area contributed by atoms with Crippen molar-refractivity contribution in [3.05, 3.63) is 0 Å². The van der Waals surface area contributed by atoms with Crippen molar-refractivity contribution >= 4 is 0 Å². The second-order valence-corrected chi connectivity index (χ2v) is 1.29. The minimum absolute atomic E-state index is 2.04. The van der Waals surface area contributed by atoms with Crippen molar-refractivity contribution in [1.82, 2.24) is 5.45 Å². The highest BCUT2D eigenvalue weighted by atomic mass is 19.4. The molecule has 3 nitrogen and oxygen atoms in total. The van der Waals surface area contributed by atoms with E-state index in [1.165, 1.54) is 0 Å². The summed E-state index contributed by atoms with van der Waals surface area (Å²) in [6, 6.07) is 0. The molecule has 10 heteroatoms. The van der Waals surface area contributed by atoms with Crippen molar-refractivity contribution in [2.75, 3.05) is 0 Å². The minimum Gasteiger partial charge on any atom is -0.145 e. The molecule has 0 aliphatic heterocycles. The van der Waals surface area contributed by atoms with Gasteiger partial charge in [0, 0.05) is 0 Å². The third-order valence-electron chi connectivity index (χ3n) is 0.351. The predicted molar refractivity (Wildman–Crippen MR) is 17.2 cm³/mol. The van der Waals surface area contributed by atoms with Crippen LogP contribution in [0, 0.1) is 0 Å². The molecule has 0 rings (SSSR count). The number of nitrogens with zero attached hydrogens (tertiary/aromatic N) is 1. The number of alkyl halides is 6. The SMILES string of the molecule is FN(OC(F)(F)F)OC(F)(F)F. The highest BCUT2D eigenvalue weighted by Crippen LogP contribution is 2.24. The fraction of sp³-hybridized carbons (Fsp3) is 1.00. The molecule has 0 radical (unpaired) electrons. The molecule has 0 atom stereocenters. The Labute approximate surface area is 60.1 Å². The molecule has 74 valence electrons. The first-order valence-corrected chi connectivity index (χ1v) is 2.08. The summed E-state index contributed by atoms with van der Waals surface area (Å²) in [5.41, 5.74) is -2.33. The van der Waals surface area contributed by atoms with Crippen molar-refractivity contribution in [1.29, 1.82) is 0 Å². The van der Waals surface area contributed by atoms with Gasteiger partial charge in [0.1, 0.15) is 5.45 Å². The van der Waals surface area contributed by atoms with E-state index in [0.717, 1.165) is 0 Å². The molecule has 0 unspecified atom stereocenters. The topological polar surface area (TPSA) is 21.7 Å². The maximum atomic E-state index is 11.3. The highest BCUT2D eigenvalue weighted by Gasteiger charge is 2.41. The quantitative estimate of drug-likeness (QED) is 0.389. The lowest BCUT2D eigenvalue weighted by Gasteiger charge is -2.13. The molecule has 0 aromatic carbocycles. The van der Waals surface area contributed by atoms with Crippen molar-refractivity contribution in [2.45, 2.75) is 12.7 Å². The lowest BCUT2D eigenvalue weighted by Crippen LogP contribution is -2.30. The first kappa shape index (κ1) is 11.4. The van der Waals surface area contributed by atoms with E-state index in [9.17, 15) is 30.8 Å². The molecule has 0 aromatic rings. The molecule has 0 bridgehead atoms. The van der Waals surface area contributed by atoms with E-state index < -0.39 is 18.2 Å². The lowest BCUT2D eigenvalue weighted by atomic mass is 11.4. The van der Waals surface area contributed by atoms with Gasteiger partial charge in [-0.15, -0.1) is 36.0 Å². The maximum Gasteiger partial charge on any atom is 0.543 e. The summed E-state index contributed by atoms with van der Waals surface area (Å²) in [6.45, 7) is 0. The Bertz CT molecular complexity index is 123. The second kappa shape index (κ2) is 3.41. The number of halogens is 7. The number of hydrogen-bond donors (Lipinski definition) is 0. The summed E-state index contributed by atoms with van der Waals surface area (Å²) in [4.78, 5) is 4.08. The van der Waals surface area contributed by atoms with Gasteiger partial charge in [0.2, 0.25) is 0 Å². The van der Waals surface area contributed by atoms with E-state index >= 15 is 0 Å². The van der Waals surface area contributed by atoms with Crippen LogP contribution in [0.15, 0.2) is 0 Å². The zero-order valence-corrected chi connectivity index (χ0v) is 4.91. The van der Waals surface area contributed by atoms with E-state index in [2.05, 4.69) is 0 Å². The lowest BCUT2D eigenvalue weighted by molar-refractivity contribution is -0.609. The molecular weight excluding hydrogens is 203 g/mol. The predicted octanol–water partition coefficient (Wildman–Crippen LogP) is 2.08. The Morgan fingerprint density at radius 2 is 1.00 bits per heavy atom. The Hall–Kier alpha value is -0.610. The number of rotatable bonds is 2. The average molecular weight is 203 g/mol. The molecule has 12 heavy (non-hydrogen) atoms. The van der Waals surface area contributed by atoms with Gasteiger partial charge in [-0.05, 0) is 0 Å². The van der Waals surface area contributed by atoms with Crippen molar-refractivity contribution in [3.63, 3.8) is 0 Å². The average Bonchev–Trinajstić information content (AvgIpc) is 1.49. The Morgan fingerprint density at radius 3 is 1.17 bits per heavy atom. The van der Waals surface area contributed by atoms with Crippen LogP contribution in [0.2, 0.25) is 0 Å². The Kier molecular flexibility index (Phi) is 3.24. The van der Waals surface area contributed by atoms with Gasteiger partial charge in [0.05, 0.1) is 0 Å². The summed E-state index contributed by atoms with van der Waals surface area (Å²) < 4.78 is 76.9. The van der Waals surface area contributed by atoms with E-state index in [-0.39, 0.29) is 0 Å². The highest BCUT2D eigenvalue weighted by molar-refractivity contribution is 4.19. The van der Waals surface area contributed by atoms with E-state index in [0.29, 0.717) is 0 Å². The van der Waals surface area contributed by atoms with E-state index in [4.69, 9.17) is 0 Å². The summed E-state index contributed by atoms with van der Waals surface area (Å²) in [6.07, 6.45) is -11.2. The van der Waals surface area contributed by atoms with Gasteiger partial charge >= 0.3 is 12.7 Å². The molecule has 0 spiro atoms. The largest absolute Gasteiger partial charge is 0.543 e. The van der Waals surface area contributed by atoms with Crippen LogP contribution < -0.4 is 0 Å². The third-order valence-corrected chi connectivity index (χ3v) is 0.351. The van der Waals surface area contributed by atoms with Crippen LogP contribution in [0.5, 0.6) is 0 Å². The fourth-order valence-corrected chi connectivity index (χ4v) is 0.181. The first-order chi connectivity index (χ1) is 5.10. The van der Waals surface area contributed by atoms with Gasteiger partial charge in [-0.2, -0.15) is 0 Å². The molecule has 0 amide bonds. The first-order valence-electron chi connectivity index (χ1n) is 2.08. The van der Waals surface area contributed by atoms with Crippen molar-refractivity contribution < 1.29 is 40.5 Å². The van der Waals surface area contributed by atoms with Crippen LogP contribution in [-0.4, -0.2) is 18.2 Å². The number of hydrogen-bond acceptors (Lipinski definition) is 3. The van der Waals surface area contributed by atoms with Crippen LogP contribution >= 0.6 is 0 Å². The molecule has 0 N–H and O–H groups in total. The van der Waals surface area contributed by atoms with E-state index in [1.807, 2.05) is 9.68 Å². The third kappa shape index (κ3) is 7.50. The standard InChI is InChI=1S/C2F7NO2/c3-1(4,5)11-10(9)12-2(6,7)8. The zero-order chi connectivity index (χ0) is 9.99. The summed E-state index contributed by atoms with van der Waals surface area (Å²) in [5, 5.41) is 0. The van der Waals surface area contributed by atoms with Crippen LogP contribution in [-0.2, 0) is 9.68 Å². The van der Waals surface area contributed by atoms with Crippen LogP contribution in [0.3, 0.4) is 0 Å².